The van der Waals surface area contributed by atoms with Gasteiger partial charge in [-0.1, -0.05) is 29.3 Å². The molecule has 0 amide bonds. The van der Waals surface area contributed by atoms with Crippen LogP contribution in [-0.2, 0) is 21.2 Å². The van der Waals surface area contributed by atoms with Crippen LogP contribution in [0.4, 0.5) is 0 Å². The lowest BCUT2D eigenvalue weighted by molar-refractivity contribution is 0.0571. The van der Waals surface area contributed by atoms with Crippen molar-refractivity contribution < 1.29 is 13.2 Å². The van der Waals surface area contributed by atoms with Gasteiger partial charge in [-0.15, -0.1) is 0 Å². The Morgan fingerprint density at radius 1 is 1.35 bits per heavy atom. The fourth-order valence-electron chi connectivity index (χ4n) is 2.52. The molecule has 0 aromatic heterocycles. The Hall–Kier alpha value is -0.330. The van der Waals surface area contributed by atoms with Gasteiger partial charge in [-0.3, -0.25) is 0 Å². The number of rotatable bonds is 4. The second-order valence-corrected chi connectivity index (χ2v) is 7.73. The summed E-state index contributed by atoms with van der Waals surface area (Å²) in [4.78, 5) is 0. The molecule has 20 heavy (non-hydrogen) atoms. The molecule has 1 N–H and O–H groups in total. The van der Waals surface area contributed by atoms with Crippen LogP contribution < -0.4 is 4.72 Å². The summed E-state index contributed by atoms with van der Waals surface area (Å²) in [6.45, 7) is 0.853. The molecule has 1 aliphatic heterocycles. The van der Waals surface area contributed by atoms with E-state index >= 15 is 0 Å². The molecular weight excluding hydrogens is 321 g/mol. The van der Waals surface area contributed by atoms with E-state index in [-0.39, 0.29) is 5.92 Å². The second-order valence-electron chi connectivity index (χ2n) is 4.82. The predicted molar refractivity (Wildman–Crippen MR) is 80.9 cm³/mol. The SMILES string of the molecule is CNS(=O)(=O)[C@H]1CCOC[C@@H]1Cc1c(Cl)cccc1Cl. The van der Waals surface area contributed by atoms with Gasteiger partial charge in [-0.2, -0.15) is 0 Å². The molecule has 0 aliphatic carbocycles. The van der Waals surface area contributed by atoms with E-state index in [1.807, 2.05) is 0 Å². The van der Waals surface area contributed by atoms with Crippen LogP contribution >= 0.6 is 23.2 Å². The average molecular weight is 338 g/mol. The minimum Gasteiger partial charge on any atom is -0.381 e. The number of hydrogen-bond acceptors (Lipinski definition) is 3. The molecule has 1 saturated heterocycles. The third kappa shape index (κ3) is 3.46. The first kappa shape index (κ1) is 16.0. The molecule has 0 bridgehead atoms. The van der Waals surface area contributed by atoms with Gasteiger partial charge in [0.05, 0.1) is 11.9 Å². The van der Waals surface area contributed by atoms with E-state index in [9.17, 15) is 8.42 Å². The van der Waals surface area contributed by atoms with Crippen molar-refractivity contribution >= 4 is 33.2 Å². The largest absolute Gasteiger partial charge is 0.381 e. The summed E-state index contributed by atoms with van der Waals surface area (Å²) in [6, 6.07) is 5.29. The van der Waals surface area contributed by atoms with Gasteiger partial charge in [0.25, 0.3) is 0 Å². The zero-order chi connectivity index (χ0) is 14.8. The van der Waals surface area contributed by atoms with E-state index in [0.29, 0.717) is 36.1 Å². The Kier molecular flexibility index (Phi) is 5.31. The van der Waals surface area contributed by atoms with Crippen LogP contribution in [0.3, 0.4) is 0 Å². The zero-order valence-electron chi connectivity index (χ0n) is 11.1. The van der Waals surface area contributed by atoms with Gasteiger partial charge in [0.15, 0.2) is 0 Å². The van der Waals surface area contributed by atoms with E-state index in [2.05, 4.69) is 4.72 Å². The molecule has 0 saturated carbocycles. The van der Waals surface area contributed by atoms with Crippen LogP contribution in [0.15, 0.2) is 18.2 Å². The van der Waals surface area contributed by atoms with E-state index < -0.39 is 15.3 Å². The lowest BCUT2D eigenvalue weighted by atomic mass is 9.93. The maximum absolute atomic E-state index is 12.1. The molecule has 2 atom stereocenters. The van der Waals surface area contributed by atoms with Gasteiger partial charge in [0, 0.05) is 22.6 Å². The van der Waals surface area contributed by atoms with E-state index in [4.69, 9.17) is 27.9 Å². The Morgan fingerprint density at radius 2 is 2.00 bits per heavy atom. The third-order valence-electron chi connectivity index (χ3n) is 3.62. The summed E-state index contributed by atoms with van der Waals surface area (Å²) in [6.07, 6.45) is 0.972. The molecule has 4 nitrogen and oxygen atoms in total. The lowest BCUT2D eigenvalue weighted by Gasteiger charge is -2.31. The maximum atomic E-state index is 12.1. The first-order chi connectivity index (χ1) is 9.45. The van der Waals surface area contributed by atoms with Gasteiger partial charge in [-0.05, 0) is 37.6 Å². The summed E-state index contributed by atoms with van der Waals surface area (Å²) in [7, 11) is -1.90. The molecule has 1 aromatic carbocycles. The molecule has 1 heterocycles. The van der Waals surface area contributed by atoms with Crippen molar-refractivity contribution in [2.45, 2.75) is 18.1 Å². The third-order valence-corrected chi connectivity index (χ3v) is 6.31. The lowest BCUT2D eigenvalue weighted by Crippen LogP contribution is -2.43. The van der Waals surface area contributed by atoms with E-state index in [1.165, 1.54) is 7.05 Å². The topological polar surface area (TPSA) is 55.4 Å². The quantitative estimate of drug-likeness (QED) is 0.918. The summed E-state index contributed by atoms with van der Waals surface area (Å²) in [5.74, 6) is -0.154. The number of halogens is 2. The summed E-state index contributed by atoms with van der Waals surface area (Å²) >= 11 is 12.3. The minimum absolute atomic E-state index is 0.154. The Bertz CT molecular complexity index is 557. The molecule has 7 heteroatoms. The molecule has 0 radical (unpaired) electrons. The van der Waals surface area contributed by atoms with Crippen LogP contribution in [-0.4, -0.2) is 33.9 Å². The summed E-state index contributed by atoms with van der Waals surface area (Å²) in [5, 5.41) is 0.640. The van der Waals surface area contributed by atoms with E-state index in [0.717, 1.165) is 5.56 Å². The molecule has 2 rings (SSSR count). The van der Waals surface area contributed by atoms with Crippen molar-refractivity contribution in [2.24, 2.45) is 5.92 Å². The van der Waals surface area contributed by atoms with Crippen LogP contribution in [0.2, 0.25) is 10.0 Å². The average Bonchev–Trinajstić information content (AvgIpc) is 2.43. The monoisotopic (exact) mass is 337 g/mol. The second kappa shape index (κ2) is 6.62. The van der Waals surface area contributed by atoms with Gasteiger partial charge in [0.1, 0.15) is 0 Å². The Balaban J connectivity index is 2.26. The van der Waals surface area contributed by atoms with Crippen molar-refractivity contribution in [2.75, 3.05) is 20.3 Å². The van der Waals surface area contributed by atoms with Crippen molar-refractivity contribution in [1.82, 2.24) is 4.72 Å². The predicted octanol–water partition coefficient (Wildman–Crippen LogP) is 2.49. The number of sulfonamides is 1. The first-order valence-electron chi connectivity index (χ1n) is 6.38. The van der Waals surface area contributed by atoms with E-state index in [1.54, 1.807) is 18.2 Å². The molecular formula is C13H17Cl2NO3S. The van der Waals surface area contributed by atoms with Crippen molar-refractivity contribution in [3.8, 4) is 0 Å². The van der Waals surface area contributed by atoms with Crippen molar-refractivity contribution in [3.05, 3.63) is 33.8 Å². The molecule has 112 valence electrons. The minimum atomic E-state index is -3.33. The smallest absolute Gasteiger partial charge is 0.214 e. The first-order valence-corrected chi connectivity index (χ1v) is 8.69. The van der Waals surface area contributed by atoms with Crippen LogP contribution in [0.25, 0.3) is 0 Å². The summed E-state index contributed by atoms with van der Waals surface area (Å²) in [5.41, 5.74) is 0.780. The number of nitrogens with one attached hydrogen (secondary N) is 1. The normalized spacial score (nSPS) is 23.8. The van der Waals surface area contributed by atoms with Crippen LogP contribution in [0.1, 0.15) is 12.0 Å². The molecule has 1 fully saturated rings. The molecule has 0 spiro atoms. The highest BCUT2D eigenvalue weighted by Gasteiger charge is 2.35. The highest BCUT2D eigenvalue weighted by Crippen LogP contribution is 2.31. The van der Waals surface area contributed by atoms with Gasteiger partial charge >= 0.3 is 0 Å². The fourth-order valence-corrected chi connectivity index (χ4v) is 4.46. The summed E-state index contributed by atoms with van der Waals surface area (Å²) < 4.78 is 32.0. The highest BCUT2D eigenvalue weighted by molar-refractivity contribution is 7.90. The number of ether oxygens (including phenoxy) is 1. The van der Waals surface area contributed by atoms with Crippen LogP contribution in [0, 0.1) is 5.92 Å². The molecule has 1 aliphatic rings. The number of benzene rings is 1. The fraction of sp³-hybridized carbons (Fsp3) is 0.538. The Morgan fingerprint density at radius 3 is 2.60 bits per heavy atom. The standard InChI is InChI=1S/C13H17Cl2NO3S/c1-16-20(17,18)13-5-6-19-8-9(13)7-10-11(14)3-2-4-12(10)15/h2-4,9,13,16H,5-8H2,1H3/t9-,13-/m0/s1. The van der Waals surface area contributed by atoms with Gasteiger partial charge < -0.3 is 4.74 Å². The number of hydrogen-bond donors (Lipinski definition) is 1. The van der Waals surface area contributed by atoms with Gasteiger partial charge in [0.2, 0.25) is 10.0 Å². The van der Waals surface area contributed by atoms with Gasteiger partial charge in [-0.25, -0.2) is 13.1 Å². The molecule has 0 unspecified atom stereocenters. The molecule has 1 aromatic rings. The zero-order valence-corrected chi connectivity index (χ0v) is 13.4. The van der Waals surface area contributed by atoms with Crippen molar-refractivity contribution in [3.63, 3.8) is 0 Å². The van der Waals surface area contributed by atoms with Crippen LogP contribution in [0.5, 0.6) is 0 Å². The highest BCUT2D eigenvalue weighted by atomic mass is 35.5. The maximum Gasteiger partial charge on any atom is 0.214 e. The van der Waals surface area contributed by atoms with Crippen molar-refractivity contribution in [1.29, 1.82) is 0 Å². The Labute approximate surface area is 129 Å².